The summed E-state index contributed by atoms with van der Waals surface area (Å²) in [6.07, 6.45) is 1.28. The zero-order valence-electron chi connectivity index (χ0n) is 8.52. The summed E-state index contributed by atoms with van der Waals surface area (Å²) in [6, 6.07) is 6.79. The van der Waals surface area contributed by atoms with Crippen LogP contribution in [0.3, 0.4) is 0 Å². The molecule has 2 rings (SSSR count). The molecule has 0 aliphatic carbocycles. The molecule has 16 heavy (non-hydrogen) atoms. The van der Waals surface area contributed by atoms with Crippen LogP contribution in [0.2, 0.25) is 0 Å². The summed E-state index contributed by atoms with van der Waals surface area (Å²) in [7, 11) is 1.30. The molecule has 1 unspecified atom stereocenters. The lowest BCUT2D eigenvalue weighted by Crippen LogP contribution is -3.08. The summed E-state index contributed by atoms with van der Waals surface area (Å²) in [4.78, 5) is 16.0. The Balaban J connectivity index is 2.37. The summed E-state index contributed by atoms with van der Waals surface area (Å²) in [6.45, 7) is 0. The number of esters is 1. The van der Waals surface area contributed by atoms with Gasteiger partial charge in [-0.3, -0.25) is 0 Å². The van der Waals surface area contributed by atoms with Gasteiger partial charge in [-0.15, -0.1) is 0 Å². The fourth-order valence-corrected chi connectivity index (χ4v) is 1.42. The highest BCUT2D eigenvalue weighted by molar-refractivity contribution is 5.93. The molecule has 0 bridgehead atoms. The Morgan fingerprint density at radius 3 is 2.88 bits per heavy atom. The molecule has 0 aromatic heterocycles. The van der Waals surface area contributed by atoms with Crippen molar-refractivity contribution in [2.24, 2.45) is 0 Å². The monoisotopic (exact) mass is 222 g/mol. The van der Waals surface area contributed by atoms with E-state index in [4.69, 9.17) is 0 Å². The highest BCUT2D eigenvalue weighted by Gasteiger charge is 2.22. The highest BCUT2D eigenvalue weighted by atomic mass is 16.8. The topological polar surface area (TPSA) is 75.1 Å². The first kappa shape index (κ1) is 10.5. The Morgan fingerprint density at radius 1 is 1.50 bits per heavy atom. The molecule has 0 saturated carbocycles. The summed E-state index contributed by atoms with van der Waals surface area (Å²) in [5.74, 6) is -0.952. The number of hydrogen-bond donors (Lipinski definition) is 2. The molecule has 1 aliphatic rings. The van der Waals surface area contributed by atoms with Crippen molar-refractivity contribution in [2.75, 3.05) is 7.11 Å². The molecule has 84 valence electrons. The van der Waals surface area contributed by atoms with Crippen molar-refractivity contribution in [3.05, 3.63) is 42.0 Å². The van der Waals surface area contributed by atoms with Crippen LogP contribution in [-0.2, 0) is 9.57 Å². The smallest absolute Gasteiger partial charge is 0.344 e. The van der Waals surface area contributed by atoms with Crippen LogP contribution in [0.1, 0.15) is 10.4 Å². The first-order valence-electron chi connectivity index (χ1n) is 4.58. The SMILES string of the molecule is COC(=O)c1ccccc1[NH+]1C=C([O-])ON1. The van der Waals surface area contributed by atoms with E-state index in [-0.39, 0.29) is 0 Å². The third kappa shape index (κ3) is 1.83. The van der Waals surface area contributed by atoms with E-state index in [0.717, 1.165) is 0 Å². The van der Waals surface area contributed by atoms with Gasteiger partial charge in [0.25, 0.3) is 0 Å². The summed E-state index contributed by atoms with van der Waals surface area (Å²) >= 11 is 0. The molecule has 1 aliphatic heterocycles. The maximum Gasteiger partial charge on any atom is 0.344 e. The van der Waals surface area contributed by atoms with E-state index >= 15 is 0 Å². The number of ether oxygens (including phenoxy) is 1. The summed E-state index contributed by atoms with van der Waals surface area (Å²) < 4.78 is 4.64. The van der Waals surface area contributed by atoms with E-state index in [0.29, 0.717) is 16.3 Å². The summed E-state index contributed by atoms with van der Waals surface area (Å²) in [5, 5.41) is 11.4. The van der Waals surface area contributed by atoms with Gasteiger partial charge in [-0.2, -0.15) is 5.01 Å². The zero-order valence-corrected chi connectivity index (χ0v) is 8.52. The molecule has 0 amide bonds. The van der Waals surface area contributed by atoms with E-state index in [1.54, 1.807) is 24.3 Å². The predicted molar refractivity (Wildman–Crippen MR) is 50.7 cm³/mol. The van der Waals surface area contributed by atoms with Crippen LogP contribution in [0.4, 0.5) is 5.69 Å². The quantitative estimate of drug-likeness (QED) is 0.602. The molecule has 1 atom stereocenters. The molecule has 6 nitrogen and oxygen atoms in total. The van der Waals surface area contributed by atoms with E-state index < -0.39 is 11.9 Å². The van der Waals surface area contributed by atoms with Crippen molar-refractivity contribution in [2.45, 2.75) is 0 Å². The molecule has 0 fully saturated rings. The second-order valence-corrected chi connectivity index (χ2v) is 3.12. The molecule has 0 radical (unpaired) electrons. The van der Waals surface area contributed by atoms with E-state index in [1.165, 1.54) is 13.3 Å². The van der Waals surface area contributed by atoms with Crippen molar-refractivity contribution in [3.8, 4) is 0 Å². The lowest BCUT2D eigenvalue weighted by molar-refractivity contribution is -0.847. The predicted octanol–water partition coefficient (Wildman–Crippen LogP) is -1.40. The van der Waals surface area contributed by atoms with Crippen LogP contribution in [0.5, 0.6) is 0 Å². The van der Waals surface area contributed by atoms with Gasteiger partial charge >= 0.3 is 5.97 Å². The molecule has 0 spiro atoms. The third-order valence-corrected chi connectivity index (χ3v) is 2.15. The van der Waals surface area contributed by atoms with Gasteiger partial charge < -0.3 is 14.7 Å². The van der Waals surface area contributed by atoms with Crippen molar-refractivity contribution in [3.63, 3.8) is 0 Å². The average Bonchev–Trinajstić information content (AvgIpc) is 2.75. The number of hydrogen-bond acceptors (Lipinski definition) is 5. The first-order chi connectivity index (χ1) is 7.72. The normalized spacial score (nSPS) is 18.8. The third-order valence-electron chi connectivity index (χ3n) is 2.15. The van der Waals surface area contributed by atoms with Crippen LogP contribution >= 0.6 is 0 Å². The van der Waals surface area contributed by atoms with Crippen molar-refractivity contribution in [1.29, 1.82) is 0 Å². The van der Waals surface area contributed by atoms with Crippen molar-refractivity contribution in [1.82, 2.24) is 5.59 Å². The number of carbonyl (C=O) groups excluding carboxylic acids is 1. The standard InChI is InChI=1S/C10H10N2O4/c1-15-10(14)7-4-2-3-5-8(7)12-6-9(13)16-11-12/h2-6,11,13H,1H3. The fraction of sp³-hybridized carbons (Fsp3) is 0.100. The van der Waals surface area contributed by atoms with Gasteiger partial charge in [-0.05, 0) is 6.07 Å². The maximum atomic E-state index is 11.5. The fourth-order valence-electron chi connectivity index (χ4n) is 1.42. The number of benzene rings is 1. The van der Waals surface area contributed by atoms with E-state index in [9.17, 15) is 9.90 Å². The van der Waals surface area contributed by atoms with E-state index in [2.05, 4.69) is 15.2 Å². The molecule has 1 heterocycles. The number of carbonyl (C=O) groups is 1. The van der Waals surface area contributed by atoms with Gasteiger partial charge in [0, 0.05) is 6.07 Å². The average molecular weight is 222 g/mol. The van der Waals surface area contributed by atoms with Crippen LogP contribution in [-0.4, -0.2) is 13.1 Å². The van der Waals surface area contributed by atoms with Gasteiger partial charge in [-0.25, -0.2) is 4.79 Å². The van der Waals surface area contributed by atoms with Crippen molar-refractivity contribution < 1.29 is 24.5 Å². The number of methoxy groups -OCH3 is 1. The summed E-state index contributed by atoms with van der Waals surface area (Å²) in [5.41, 5.74) is 3.39. The van der Waals surface area contributed by atoms with Crippen LogP contribution < -0.4 is 15.7 Å². The maximum absolute atomic E-state index is 11.5. The molecule has 1 aromatic carbocycles. The number of quaternary nitrogens is 1. The Bertz CT molecular complexity index is 444. The minimum absolute atomic E-state index is 0.377. The number of nitrogens with one attached hydrogen (secondary N) is 2. The van der Waals surface area contributed by atoms with Crippen LogP contribution in [0.25, 0.3) is 0 Å². The van der Waals surface area contributed by atoms with Gasteiger partial charge in [0.2, 0.25) is 0 Å². The number of para-hydroxylation sites is 1. The Morgan fingerprint density at radius 2 is 2.25 bits per heavy atom. The second kappa shape index (κ2) is 4.21. The van der Waals surface area contributed by atoms with Crippen LogP contribution in [0, 0.1) is 0 Å². The molecule has 2 N–H and O–H groups in total. The zero-order chi connectivity index (χ0) is 11.5. The molecule has 1 aromatic rings. The minimum atomic E-state index is -0.491. The Labute approximate surface area is 91.6 Å². The number of rotatable bonds is 2. The van der Waals surface area contributed by atoms with E-state index in [1.807, 2.05) is 0 Å². The van der Waals surface area contributed by atoms with Crippen molar-refractivity contribution >= 4 is 11.7 Å². The lowest BCUT2D eigenvalue weighted by Gasteiger charge is -2.13. The van der Waals surface area contributed by atoms with Gasteiger partial charge in [0.05, 0.1) is 7.11 Å². The largest absolute Gasteiger partial charge is 0.540 e. The highest BCUT2D eigenvalue weighted by Crippen LogP contribution is 2.12. The first-order valence-corrected chi connectivity index (χ1v) is 4.58. The van der Waals surface area contributed by atoms with Crippen LogP contribution in [0.15, 0.2) is 36.4 Å². The Kier molecular flexibility index (Phi) is 2.76. The second-order valence-electron chi connectivity index (χ2n) is 3.12. The lowest BCUT2D eigenvalue weighted by atomic mass is 10.2. The molecular weight excluding hydrogens is 212 g/mol. The minimum Gasteiger partial charge on any atom is -0.540 e. The van der Waals surface area contributed by atoms with Gasteiger partial charge in [0.15, 0.2) is 5.69 Å². The molecular formula is C10H10N2O4. The Hall–Kier alpha value is -2.05. The van der Waals surface area contributed by atoms with Gasteiger partial charge in [0.1, 0.15) is 17.7 Å². The molecule has 0 saturated heterocycles. The van der Waals surface area contributed by atoms with Gasteiger partial charge in [-0.1, -0.05) is 17.7 Å². The molecule has 6 heteroatoms.